The minimum absolute atomic E-state index is 0.0375. The Morgan fingerprint density at radius 2 is 1.88 bits per heavy atom. The number of aliphatic imine (C=N–C) groups is 1. The Bertz CT molecular complexity index is 917. The van der Waals surface area contributed by atoms with E-state index in [1.165, 1.54) is 25.3 Å². The van der Waals surface area contributed by atoms with E-state index in [4.69, 9.17) is 4.74 Å². The Balaban J connectivity index is 1.89. The highest BCUT2D eigenvalue weighted by atomic mass is 19.1. The Hall–Kier alpha value is -3.35. The number of hydrogen-bond acceptors (Lipinski definition) is 5. The zero-order chi connectivity index (χ0) is 18.0. The van der Waals surface area contributed by atoms with Gasteiger partial charge in [-0.25, -0.2) is 23.4 Å². The predicted molar refractivity (Wildman–Crippen MR) is 84.7 cm³/mol. The second kappa shape index (κ2) is 6.64. The number of rotatable bonds is 3. The maximum atomic E-state index is 13.8. The van der Waals surface area contributed by atoms with Gasteiger partial charge < -0.3 is 9.47 Å². The summed E-state index contributed by atoms with van der Waals surface area (Å²) in [7, 11) is 1.28. The van der Waals surface area contributed by atoms with Gasteiger partial charge in [0.25, 0.3) is 0 Å². The van der Waals surface area contributed by atoms with Crippen LogP contribution in [0.4, 0.5) is 8.78 Å². The molecule has 0 aromatic heterocycles. The first kappa shape index (κ1) is 16.5. The van der Waals surface area contributed by atoms with Crippen molar-refractivity contribution in [2.45, 2.75) is 0 Å². The van der Waals surface area contributed by atoms with E-state index in [0.29, 0.717) is 17.2 Å². The van der Waals surface area contributed by atoms with Crippen LogP contribution < -0.4 is 0 Å². The highest BCUT2D eigenvalue weighted by Gasteiger charge is 2.26. The Morgan fingerprint density at radius 1 is 1.16 bits per heavy atom. The van der Waals surface area contributed by atoms with Crippen molar-refractivity contribution >= 4 is 23.9 Å². The van der Waals surface area contributed by atoms with Crippen molar-refractivity contribution in [3.8, 4) is 0 Å². The third-order valence-corrected chi connectivity index (χ3v) is 3.42. The molecule has 1 aliphatic rings. The van der Waals surface area contributed by atoms with Crippen molar-refractivity contribution in [3.05, 3.63) is 76.5 Å². The van der Waals surface area contributed by atoms with E-state index in [1.807, 2.05) is 0 Å². The topological polar surface area (TPSA) is 65.0 Å². The molecule has 2 aromatic rings. The number of halogens is 2. The summed E-state index contributed by atoms with van der Waals surface area (Å²) in [6.45, 7) is 0. The number of hydrogen-bond donors (Lipinski definition) is 0. The maximum Gasteiger partial charge on any atom is 0.363 e. The highest BCUT2D eigenvalue weighted by molar-refractivity contribution is 6.13. The largest absolute Gasteiger partial charge is 0.465 e. The zero-order valence-electron chi connectivity index (χ0n) is 13.0. The summed E-state index contributed by atoms with van der Waals surface area (Å²) in [6, 6.07) is 9.12. The molecule has 126 valence electrons. The Morgan fingerprint density at radius 3 is 2.52 bits per heavy atom. The molecule has 3 rings (SSSR count). The van der Waals surface area contributed by atoms with Crippen LogP contribution in [-0.4, -0.2) is 24.9 Å². The molecule has 0 N–H and O–H groups in total. The number of methoxy groups -OCH3 is 1. The quantitative estimate of drug-likeness (QED) is 0.635. The van der Waals surface area contributed by atoms with Gasteiger partial charge in [0, 0.05) is 6.07 Å². The van der Waals surface area contributed by atoms with Crippen molar-refractivity contribution in [2.75, 3.05) is 7.11 Å². The number of esters is 2. The lowest BCUT2D eigenvalue weighted by atomic mass is 10.1. The van der Waals surface area contributed by atoms with Crippen LogP contribution in [0.1, 0.15) is 21.5 Å². The molecule has 2 aromatic carbocycles. The molecule has 5 nitrogen and oxygen atoms in total. The van der Waals surface area contributed by atoms with Gasteiger partial charge in [-0.15, -0.1) is 0 Å². The van der Waals surface area contributed by atoms with Crippen LogP contribution in [0.25, 0.3) is 6.08 Å². The minimum atomic E-state index is -0.879. The zero-order valence-corrected chi connectivity index (χ0v) is 13.0. The molecule has 7 heteroatoms. The molecule has 1 heterocycles. The van der Waals surface area contributed by atoms with Crippen LogP contribution in [0.2, 0.25) is 0 Å². The van der Waals surface area contributed by atoms with Gasteiger partial charge in [0.1, 0.15) is 11.6 Å². The summed E-state index contributed by atoms with van der Waals surface area (Å²) in [5.74, 6) is -3.09. The van der Waals surface area contributed by atoms with Crippen molar-refractivity contribution < 1.29 is 27.8 Å². The molecule has 0 unspecified atom stereocenters. The normalized spacial score (nSPS) is 15.1. The van der Waals surface area contributed by atoms with Gasteiger partial charge in [0.05, 0.1) is 18.2 Å². The van der Waals surface area contributed by atoms with Gasteiger partial charge in [-0.1, -0.05) is 12.1 Å². The van der Waals surface area contributed by atoms with Gasteiger partial charge in [-0.2, -0.15) is 0 Å². The second-order valence-corrected chi connectivity index (χ2v) is 5.07. The van der Waals surface area contributed by atoms with Crippen LogP contribution in [0, 0.1) is 11.6 Å². The number of nitrogens with zero attached hydrogens (tertiary/aromatic N) is 1. The molecular weight excluding hydrogens is 332 g/mol. The van der Waals surface area contributed by atoms with Crippen LogP contribution in [0.5, 0.6) is 0 Å². The first-order valence-electron chi connectivity index (χ1n) is 7.14. The molecule has 0 spiro atoms. The molecular formula is C18H11F2NO4. The number of ether oxygens (including phenoxy) is 2. The highest BCUT2D eigenvalue weighted by Crippen LogP contribution is 2.21. The maximum absolute atomic E-state index is 13.8. The minimum Gasteiger partial charge on any atom is -0.465 e. The van der Waals surface area contributed by atoms with Gasteiger partial charge in [0.15, 0.2) is 5.70 Å². The first-order chi connectivity index (χ1) is 12.0. The summed E-state index contributed by atoms with van der Waals surface area (Å²) in [5.41, 5.74) is 0.795. The monoisotopic (exact) mass is 343 g/mol. The molecule has 0 amide bonds. The number of carbonyl (C=O) groups excluding carboxylic acids is 2. The van der Waals surface area contributed by atoms with Crippen molar-refractivity contribution in [1.82, 2.24) is 0 Å². The summed E-state index contributed by atoms with van der Waals surface area (Å²) < 4.78 is 36.3. The lowest BCUT2D eigenvalue weighted by Crippen LogP contribution is -2.07. The SMILES string of the molecule is COC(=O)c1ccc(/C=C2\N=C(c3ccc(F)cc3F)OC2=O)cc1. The van der Waals surface area contributed by atoms with E-state index < -0.39 is 23.6 Å². The van der Waals surface area contributed by atoms with E-state index in [9.17, 15) is 18.4 Å². The molecule has 0 saturated carbocycles. The van der Waals surface area contributed by atoms with Gasteiger partial charge >= 0.3 is 11.9 Å². The smallest absolute Gasteiger partial charge is 0.363 e. The molecule has 0 saturated heterocycles. The molecule has 0 aliphatic carbocycles. The standard InChI is InChI=1S/C18H11F2NO4/c1-24-17(22)11-4-2-10(3-5-11)8-15-18(23)25-16(21-15)13-7-6-12(19)9-14(13)20/h2-9H,1H3/b15-8-. The number of carbonyl (C=O) groups is 2. The van der Waals surface area contributed by atoms with Crippen LogP contribution in [0.15, 0.2) is 53.2 Å². The molecule has 0 bridgehead atoms. The summed E-state index contributed by atoms with van der Waals surface area (Å²) >= 11 is 0. The van der Waals surface area contributed by atoms with Gasteiger partial charge in [-0.05, 0) is 35.9 Å². The average Bonchev–Trinajstić information content (AvgIpc) is 2.95. The van der Waals surface area contributed by atoms with E-state index in [0.717, 1.165) is 12.1 Å². The van der Waals surface area contributed by atoms with Crippen molar-refractivity contribution in [1.29, 1.82) is 0 Å². The van der Waals surface area contributed by atoms with E-state index in [1.54, 1.807) is 12.1 Å². The van der Waals surface area contributed by atoms with Crippen LogP contribution in [0.3, 0.4) is 0 Å². The predicted octanol–water partition coefficient (Wildman–Crippen LogP) is 3.10. The Kier molecular flexibility index (Phi) is 4.38. The molecule has 0 atom stereocenters. The summed E-state index contributed by atoms with van der Waals surface area (Å²) in [6.07, 6.45) is 1.43. The molecule has 0 radical (unpaired) electrons. The van der Waals surface area contributed by atoms with E-state index in [-0.39, 0.29) is 17.2 Å². The first-order valence-corrected chi connectivity index (χ1v) is 7.14. The van der Waals surface area contributed by atoms with Crippen molar-refractivity contribution in [3.63, 3.8) is 0 Å². The van der Waals surface area contributed by atoms with Crippen LogP contribution in [-0.2, 0) is 14.3 Å². The fourth-order valence-corrected chi connectivity index (χ4v) is 2.18. The summed E-state index contributed by atoms with van der Waals surface area (Å²) in [4.78, 5) is 27.2. The molecule has 0 fully saturated rings. The van der Waals surface area contributed by atoms with Gasteiger partial charge in [-0.3, -0.25) is 0 Å². The Labute approximate surface area is 141 Å². The lowest BCUT2D eigenvalue weighted by molar-refractivity contribution is -0.129. The third-order valence-electron chi connectivity index (χ3n) is 3.42. The molecule has 25 heavy (non-hydrogen) atoms. The van der Waals surface area contributed by atoms with E-state index in [2.05, 4.69) is 9.73 Å². The molecule has 1 aliphatic heterocycles. The fourth-order valence-electron chi connectivity index (χ4n) is 2.18. The average molecular weight is 343 g/mol. The number of benzene rings is 2. The van der Waals surface area contributed by atoms with Crippen molar-refractivity contribution in [2.24, 2.45) is 4.99 Å². The lowest BCUT2D eigenvalue weighted by Gasteiger charge is -2.00. The van der Waals surface area contributed by atoms with E-state index >= 15 is 0 Å². The summed E-state index contributed by atoms with van der Waals surface area (Å²) in [5, 5.41) is 0. The second-order valence-electron chi connectivity index (χ2n) is 5.07. The fraction of sp³-hybridized carbons (Fsp3) is 0.0556. The van der Waals surface area contributed by atoms with Crippen LogP contribution >= 0.6 is 0 Å². The van der Waals surface area contributed by atoms with Gasteiger partial charge in [0.2, 0.25) is 5.90 Å². The third kappa shape index (κ3) is 3.45. The number of cyclic esters (lactones) is 1.